The minimum atomic E-state index is -3.84. The molecule has 0 radical (unpaired) electrons. The van der Waals surface area contributed by atoms with Gasteiger partial charge in [-0.15, -0.1) is 0 Å². The van der Waals surface area contributed by atoms with Crippen LogP contribution in [-0.2, 0) is 19.6 Å². The third-order valence-corrected chi connectivity index (χ3v) is 5.75. The maximum Gasteiger partial charge on any atom is 0.238 e. The van der Waals surface area contributed by atoms with Crippen molar-refractivity contribution in [3.05, 3.63) is 59.4 Å². The first-order valence-corrected chi connectivity index (χ1v) is 10.1. The summed E-state index contributed by atoms with van der Waals surface area (Å²) in [5.41, 5.74) is 0.165. The predicted molar refractivity (Wildman–Crippen MR) is 102 cm³/mol. The van der Waals surface area contributed by atoms with Crippen molar-refractivity contribution in [3.63, 3.8) is 0 Å². The van der Waals surface area contributed by atoms with Gasteiger partial charge in [0.25, 0.3) is 0 Å². The molecule has 0 fully saturated rings. The van der Waals surface area contributed by atoms with E-state index in [1.807, 2.05) is 6.92 Å². The van der Waals surface area contributed by atoms with E-state index in [2.05, 4.69) is 0 Å². The van der Waals surface area contributed by atoms with E-state index in [4.69, 9.17) is 14.6 Å². The summed E-state index contributed by atoms with van der Waals surface area (Å²) in [4.78, 5) is 13.1. The Kier molecular flexibility index (Phi) is 5.03. The minimum Gasteiger partial charge on any atom is -0.494 e. The van der Waals surface area contributed by atoms with E-state index in [0.29, 0.717) is 23.3 Å². The number of carbonyl (C=O) groups is 1. The van der Waals surface area contributed by atoms with Crippen LogP contribution in [0.3, 0.4) is 0 Å². The molecule has 8 heteroatoms. The largest absolute Gasteiger partial charge is 0.494 e. The first kappa shape index (κ1) is 20.0. The summed E-state index contributed by atoms with van der Waals surface area (Å²) in [6, 6.07) is 9.86. The average Bonchev–Trinajstić information content (AvgIpc) is 2.93. The highest BCUT2D eigenvalue weighted by Crippen LogP contribution is 2.43. The third kappa shape index (κ3) is 3.41. The molecule has 1 aliphatic heterocycles. The van der Waals surface area contributed by atoms with E-state index in [1.165, 1.54) is 49.6 Å². The van der Waals surface area contributed by atoms with Crippen LogP contribution in [0, 0.1) is 5.82 Å². The summed E-state index contributed by atoms with van der Waals surface area (Å²) in [5.74, 6) is -0.486. The number of carbonyl (C=O) groups excluding carboxylic acids is 1. The number of hydrogen-bond acceptors (Lipinski definition) is 5. The summed E-state index contributed by atoms with van der Waals surface area (Å²) in [6.07, 6.45) is 0.423. The fourth-order valence-electron chi connectivity index (χ4n) is 3.00. The standard InChI is InChI=1S/C20H20FNO5S/c1-4-20(2)19(23)17(13-7-10-15(21)16(11-13)26-3)18(27-20)12-5-8-14(9-6-12)28(22,24)25/h5-11H,4H2,1-3H3,(H2,22,24,25). The maximum atomic E-state index is 13.8. The molecule has 1 heterocycles. The van der Waals surface area contributed by atoms with E-state index in [-0.39, 0.29) is 22.0 Å². The van der Waals surface area contributed by atoms with Gasteiger partial charge in [0, 0.05) is 5.56 Å². The van der Waals surface area contributed by atoms with Crippen molar-refractivity contribution in [2.24, 2.45) is 5.14 Å². The Bertz CT molecular complexity index is 1080. The topological polar surface area (TPSA) is 95.7 Å². The number of ketones is 1. The number of Topliss-reactive ketones (excluding diaryl/α,β-unsaturated/α-hetero) is 1. The molecule has 0 saturated heterocycles. The molecule has 1 atom stereocenters. The van der Waals surface area contributed by atoms with Gasteiger partial charge >= 0.3 is 0 Å². The van der Waals surface area contributed by atoms with E-state index in [9.17, 15) is 17.6 Å². The Balaban J connectivity index is 2.19. The second-order valence-electron chi connectivity index (χ2n) is 6.64. The van der Waals surface area contributed by atoms with Gasteiger partial charge in [0.1, 0.15) is 5.76 Å². The van der Waals surface area contributed by atoms with E-state index < -0.39 is 21.4 Å². The van der Waals surface area contributed by atoms with Crippen LogP contribution in [0.4, 0.5) is 4.39 Å². The van der Waals surface area contributed by atoms with Crippen molar-refractivity contribution in [2.75, 3.05) is 7.11 Å². The number of methoxy groups -OCH3 is 1. The zero-order chi connectivity index (χ0) is 20.7. The molecule has 0 amide bonds. The Morgan fingerprint density at radius 3 is 2.29 bits per heavy atom. The first-order chi connectivity index (χ1) is 13.1. The van der Waals surface area contributed by atoms with Gasteiger partial charge in [-0.25, -0.2) is 17.9 Å². The van der Waals surface area contributed by atoms with Gasteiger partial charge < -0.3 is 9.47 Å². The number of nitrogens with two attached hydrogens (primary N) is 1. The van der Waals surface area contributed by atoms with Crippen LogP contribution in [0.5, 0.6) is 5.75 Å². The smallest absolute Gasteiger partial charge is 0.238 e. The highest BCUT2D eigenvalue weighted by Gasteiger charge is 2.45. The fourth-order valence-corrected chi connectivity index (χ4v) is 3.52. The molecule has 1 aliphatic rings. The van der Waals surface area contributed by atoms with Crippen molar-refractivity contribution < 1.29 is 27.1 Å². The molecule has 0 aromatic heterocycles. The monoisotopic (exact) mass is 405 g/mol. The molecule has 3 rings (SSSR count). The van der Waals surface area contributed by atoms with E-state index in [0.717, 1.165) is 0 Å². The molecule has 0 bridgehead atoms. The third-order valence-electron chi connectivity index (χ3n) is 4.82. The molecule has 0 saturated carbocycles. The molecule has 1 unspecified atom stereocenters. The minimum absolute atomic E-state index is 0.00632. The van der Waals surface area contributed by atoms with E-state index >= 15 is 0 Å². The van der Waals surface area contributed by atoms with Gasteiger partial charge in [-0.2, -0.15) is 0 Å². The van der Waals surface area contributed by atoms with E-state index in [1.54, 1.807) is 6.92 Å². The number of ether oxygens (including phenoxy) is 2. The van der Waals surface area contributed by atoms with Crippen LogP contribution in [0.25, 0.3) is 11.3 Å². The van der Waals surface area contributed by atoms with Crippen molar-refractivity contribution in [3.8, 4) is 5.75 Å². The van der Waals surface area contributed by atoms with Crippen molar-refractivity contribution in [1.82, 2.24) is 0 Å². The Hall–Kier alpha value is -2.71. The lowest BCUT2D eigenvalue weighted by Gasteiger charge is -2.21. The summed E-state index contributed by atoms with van der Waals surface area (Å²) >= 11 is 0. The van der Waals surface area contributed by atoms with Gasteiger partial charge in [-0.1, -0.05) is 13.0 Å². The Morgan fingerprint density at radius 1 is 1.14 bits per heavy atom. The van der Waals surface area contributed by atoms with Gasteiger partial charge in [0.15, 0.2) is 17.2 Å². The molecule has 2 aromatic rings. The number of hydrogen-bond donors (Lipinski definition) is 1. The second-order valence-corrected chi connectivity index (χ2v) is 8.20. The molecule has 2 N–H and O–H groups in total. The number of rotatable bonds is 5. The predicted octanol–water partition coefficient (Wildman–Crippen LogP) is 3.12. The average molecular weight is 405 g/mol. The Morgan fingerprint density at radius 2 is 1.75 bits per heavy atom. The number of benzene rings is 2. The molecule has 0 spiro atoms. The first-order valence-electron chi connectivity index (χ1n) is 8.56. The zero-order valence-corrected chi connectivity index (χ0v) is 16.5. The van der Waals surface area contributed by atoms with Crippen LogP contribution in [0.2, 0.25) is 0 Å². The quantitative estimate of drug-likeness (QED) is 0.825. The molecular formula is C20H20FNO5S. The molecular weight excluding hydrogens is 385 g/mol. The maximum absolute atomic E-state index is 13.8. The fraction of sp³-hybridized carbons (Fsp3) is 0.250. The summed E-state index contributed by atoms with van der Waals surface area (Å²) in [6.45, 7) is 3.51. The van der Waals surface area contributed by atoms with Crippen LogP contribution in [0.1, 0.15) is 31.4 Å². The zero-order valence-electron chi connectivity index (χ0n) is 15.7. The second kappa shape index (κ2) is 7.03. The highest BCUT2D eigenvalue weighted by atomic mass is 32.2. The van der Waals surface area contributed by atoms with Crippen LogP contribution in [0.15, 0.2) is 47.4 Å². The normalized spacial score (nSPS) is 19.7. The number of primary sulfonamides is 1. The van der Waals surface area contributed by atoms with Crippen LogP contribution < -0.4 is 9.88 Å². The van der Waals surface area contributed by atoms with Gasteiger partial charge in [0.05, 0.1) is 17.6 Å². The SMILES string of the molecule is CCC1(C)OC(c2ccc(S(N)(=O)=O)cc2)=C(c2ccc(F)c(OC)c2)C1=O. The van der Waals surface area contributed by atoms with Gasteiger partial charge in [0.2, 0.25) is 15.8 Å². The van der Waals surface area contributed by atoms with Crippen molar-refractivity contribution in [1.29, 1.82) is 0 Å². The number of halogens is 1. The lowest BCUT2D eigenvalue weighted by atomic mass is 9.90. The Labute approximate surface area is 162 Å². The van der Waals surface area contributed by atoms with Crippen LogP contribution in [-0.4, -0.2) is 26.9 Å². The van der Waals surface area contributed by atoms with Gasteiger partial charge in [-0.05, 0) is 55.3 Å². The van der Waals surface area contributed by atoms with Crippen molar-refractivity contribution >= 4 is 27.1 Å². The van der Waals surface area contributed by atoms with Crippen LogP contribution >= 0.6 is 0 Å². The molecule has 2 aromatic carbocycles. The summed E-state index contributed by atoms with van der Waals surface area (Å²) in [7, 11) is -2.50. The lowest BCUT2D eigenvalue weighted by molar-refractivity contribution is -0.126. The molecule has 28 heavy (non-hydrogen) atoms. The molecule has 0 aliphatic carbocycles. The molecule has 148 valence electrons. The van der Waals surface area contributed by atoms with Crippen molar-refractivity contribution in [2.45, 2.75) is 30.8 Å². The summed E-state index contributed by atoms with van der Waals surface area (Å²) in [5, 5.41) is 5.14. The number of sulfonamides is 1. The molecule has 6 nitrogen and oxygen atoms in total. The highest BCUT2D eigenvalue weighted by molar-refractivity contribution is 7.89. The van der Waals surface area contributed by atoms with Gasteiger partial charge in [-0.3, -0.25) is 4.79 Å². The summed E-state index contributed by atoms with van der Waals surface area (Å²) < 4.78 is 47.8. The lowest BCUT2D eigenvalue weighted by Crippen LogP contribution is -2.32.